The summed E-state index contributed by atoms with van der Waals surface area (Å²) in [7, 11) is 1.66. The second-order valence-electron chi connectivity index (χ2n) is 6.09. The zero-order chi connectivity index (χ0) is 15.9. The van der Waals surface area contributed by atoms with Gasteiger partial charge in [0.2, 0.25) is 0 Å². The molecular formula is C20H25NO2. The van der Waals surface area contributed by atoms with Crippen LogP contribution in [0.25, 0.3) is 0 Å². The molecule has 23 heavy (non-hydrogen) atoms. The van der Waals surface area contributed by atoms with Crippen molar-refractivity contribution >= 4 is 0 Å². The third-order valence-corrected chi connectivity index (χ3v) is 4.39. The number of piperidine rings is 1. The van der Waals surface area contributed by atoms with Crippen LogP contribution in [-0.2, 0) is 6.42 Å². The topological polar surface area (TPSA) is 30.5 Å². The highest BCUT2D eigenvalue weighted by Crippen LogP contribution is 2.31. The van der Waals surface area contributed by atoms with Gasteiger partial charge in [-0.25, -0.2) is 0 Å². The monoisotopic (exact) mass is 311 g/mol. The molecule has 0 amide bonds. The fraction of sp³-hybridized carbons (Fsp3) is 0.400. The van der Waals surface area contributed by atoms with Crippen molar-refractivity contribution in [2.45, 2.75) is 38.1 Å². The summed E-state index contributed by atoms with van der Waals surface area (Å²) in [5.41, 5.74) is 1.32. The number of aryl methyl sites for hydroxylation is 1. The van der Waals surface area contributed by atoms with Gasteiger partial charge in [0, 0.05) is 6.04 Å². The van der Waals surface area contributed by atoms with Crippen LogP contribution >= 0.6 is 0 Å². The molecule has 1 unspecified atom stereocenters. The lowest BCUT2D eigenvalue weighted by Gasteiger charge is -2.23. The Balaban J connectivity index is 1.62. The number of rotatable bonds is 6. The zero-order valence-corrected chi connectivity index (χ0v) is 13.8. The van der Waals surface area contributed by atoms with E-state index in [1.807, 2.05) is 30.3 Å². The van der Waals surface area contributed by atoms with Crippen LogP contribution in [0, 0.1) is 0 Å². The first-order valence-corrected chi connectivity index (χ1v) is 8.48. The number of nitrogens with one attached hydrogen (secondary N) is 1. The molecule has 1 saturated heterocycles. The number of para-hydroxylation sites is 2. The predicted molar refractivity (Wildman–Crippen MR) is 93.5 cm³/mol. The number of benzene rings is 2. The number of ether oxygens (including phenoxy) is 2. The molecule has 1 aliphatic rings. The summed E-state index contributed by atoms with van der Waals surface area (Å²) in [5.74, 6) is 2.37. The molecule has 0 aliphatic carbocycles. The minimum atomic E-state index is 0.669. The zero-order valence-electron chi connectivity index (χ0n) is 13.8. The SMILES string of the molecule is COc1ccccc1Oc1cccc(CCC2CCCCN2)c1. The largest absolute Gasteiger partial charge is 0.493 e. The van der Waals surface area contributed by atoms with Gasteiger partial charge in [-0.1, -0.05) is 30.7 Å². The van der Waals surface area contributed by atoms with E-state index in [9.17, 15) is 0 Å². The standard InChI is InChI=1S/C20H25NO2/c1-22-19-10-2-3-11-20(19)23-18-9-6-7-16(15-18)12-13-17-8-4-5-14-21-17/h2-3,6-7,9-11,15,17,21H,4-5,8,12-14H2,1H3. The van der Waals surface area contributed by atoms with Crippen LogP contribution in [0.2, 0.25) is 0 Å². The summed E-state index contributed by atoms with van der Waals surface area (Å²) in [5, 5.41) is 3.61. The lowest BCUT2D eigenvalue weighted by atomic mass is 9.98. The summed E-state index contributed by atoms with van der Waals surface area (Å²) in [6.45, 7) is 1.17. The molecule has 0 bridgehead atoms. The Morgan fingerprint density at radius 2 is 1.91 bits per heavy atom. The van der Waals surface area contributed by atoms with Crippen molar-refractivity contribution in [3.05, 3.63) is 54.1 Å². The molecule has 122 valence electrons. The Hall–Kier alpha value is -2.00. The third kappa shape index (κ3) is 4.49. The first-order chi connectivity index (χ1) is 11.3. The van der Waals surface area contributed by atoms with Gasteiger partial charge in [0.25, 0.3) is 0 Å². The highest BCUT2D eigenvalue weighted by atomic mass is 16.5. The Labute approximate surface area is 138 Å². The molecule has 3 heteroatoms. The fourth-order valence-corrected chi connectivity index (χ4v) is 3.11. The van der Waals surface area contributed by atoms with Crippen LogP contribution in [0.15, 0.2) is 48.5 Å². The van der Waals surface area contributed by atoms with Gasteiger partial charge in [0.15, 0.2) is 11.5 Å². The van der Waals surface area contributed by atoms with Crippen LogP contribution in [-0.4, -0.2) is 19.7 Å². The molecule has 0 spiro atoms. The maximum atomic E-state index is 5.99. The molecule has 1 fully saturated rings. The molecule has 1 N–H and O–H groups in total. The van der Waals surface area contributed by atoms with Crippen LogP contribution in [0.3, 0.4) is 0 Å². The summed E-state index contributed by atoms with van der Waals surface area (Å²) in [4.78, 5) is 0. The van der Waals surface area contributed by atoms with E-state index in [0.29, 0.717) is 6.04 Å². The summed E-state index contributed by atoms with van der Waals surface area (Å²) >= 11 is 0. The second-order valence-corrected chi connectivity index (χ2v) is 6.09. The number of methoxy groups -OCH3 is 1. The molecule has 1 atom stereocenters. The molecular weight excluding hydrogens is 286 g/mol. The summed E-state index contributed by atoms with van der Waals surface area (Å²) in [6.07, 6.45) is 6.25. The third-order valence-electron chi connectivity index (χ3n) is 4.39. The van der Waals surface area contributed by atoms with E-state index in [4.69, 9.17) is 9.47 Å². The van der Waals surface area contributed by atoms with Crippen molar-refractivity contribution < 1.29 is 9.47 Å². The van der Waals surface area contributed by atoms with Gasteiger partial charge in [0.05, 0.1) is 7.11 Å². The van der Waals surface area contributed by atoms with Gasteiger partial charge >= 0.3 is 0 Å². The first kappa shape index (κ1) is 15.9. The molecule has 3 nitrogen and oxygen atoms in total. The quantitative estimate of drug-likeness (QED) is 0.848. The van der Waals surface area contributed by atoms with Crippen molar-refractivity contribution in [1.82, 2.24) is 5.32 Å². The van der Waals surface area contributed by atoms with E-state index >= 15 is 0 Å². The average molecular weight is 311 g/mol. The summed E-state index contributed by atoms with van der Waals surface area (Å²) in [6, 6.07) is 16.8. The molecule has 2 aromatic rings. The maximum absolute atomic E-state index is 5.99. The minimum absolute atomic E-state index is 0.669. The molecule has 0 aromatic heterocycles. The average Bonchev–Trinajstić information content (AvgIpc) is 2.62. The lowest BCUT2D eigenvalue weighted by Crippen LogP contribution is -2.34. The Bertz CT molecular complexity index is 621. The fourth-order valence-electron chi connectivity index (χ4n) is 3.11. The van der Waals surface area contributed by atoms with Crippen molar-refractivity contribution in [3.8, 4) is 17.2 Å². The highest BCUT2D eigenvalue weighted by molar-refractivity contribution is 5.43. The van der Waals surface area contributed by atoms with Crippen LogP contribution < -0.4 is 14.8 Å². The van der Waals surface area contributed by atoms with E-state index in [-0.39, 0.29) is 0 Å². The second kappa shape index (κ2) is 8.02. The van der Waals surface area contributed by atoms with E-state index < -0.39 is 0 Å². The molecule has 0 radical (unpaired) electrons. The predicted octanol–water partition coefficient (Wildman–Crippen LogP) is 4.56. The normalized spacial score (nSPS) is 17.7. The van der Waals surface area contributed by atoms with Gasteiger partial charge in [-0.05, 0) is 62.1 Å². The number of hydrogen-bond donors (Lipinski definition) is 1. The Morgan fingerprint density at radius 3 is 2.70 bits per heavy atom. The van der Waals surface area contributed by atoms with Gasteiger partial charge in [0.1, 0.15) is 5.75 Å². The first-order valence-electron chi connectivity index (χ1n) is 8.48. The highest BCUT2D eigenvalue weighted by Gasteiger charge is 2.12. The van der Waals surface area contributed by atoms with Gasteiger partial charge in [-0.15, -0.1) is 0 Å². The van der Waals surface area contributed by atoms with E-state index in [1.165, 1.54) is 37.8 Å². The number of hydrogen-bond acceptors (Lipinski definition) is 3. The molecule has 1 aliphatic heterocycles. The van der Waals surface area contributed by atoms with Crippen molar-refractivity contribution in [2.75, 3.05) is 13.7 Å². The Kier molecular flexibility index (Phi) is 5.54. The van der Waals surface area contributed by atoms with Crippen LogP contribution in [0.4, 0.5) is 0 Å². The molecule has 2 aromatic carbocycles. The van der Waals surface area contributed by atoms with Gasteiger partial charge < -0.3 is 14.8 Å². The molecule has 3 rings (SSSR count). The van der Waals surface area contributed by atoms with E-state index in [2.05, 4.69) is 23.5 Å². The Morgan fingerprint density at radius 1 is 1.04 bits per heavy atom. The maximum Gasteiger partial charge on any atom is 0.169 e. The van der Waals surface area contributed by atoms with Crippen molar-refractivity contribution in [2.24, 2.45) is 0 Å². The van der Waals surface area contributed by atoms with Crippen molar-refractivity contribution in [3.63, 3.8) is 0 Å². The minimum Gasteiger partial charge on any atom is -0.493 e. The van der Waals surface area contributed by atoms with Crippen LogP contribution in [0.1, 0.15) is 31.2 Å². The smallest absolute Gasteiger partial charge is 0.169 e. The van der Waals surface area contributed by atoms with E-state index in [1.54, 1.807) is 7.11 Å². The van der Waals surface area contributed by atoms with Gasteiger partial charge in [-0.2, -0.15) is 0 Å². The van der Waals surface area contributed by atoms with E-state index in [0.717, 1.165) is 23.7 Å². The summed E-state index contributed by atoms with van der Waals surface area (Å²) < 4.78 is 11.3. The molecule has 0 saturated carbocycles. The van der Waals surface area contributed by atoms with Gasteiger partial charge in [-0.3, -0.25) is 0 Å². The van der Waals surface area contributed by atoms with Crippen molar-refractivity contribution in [1.29, 1.82) is 0 Å². The molecule has 1 heterocycles. The van der Waals surface area contributed by atoms with Crippen LogP contribution in [0.5, 0.6) is 17.2 Å². The lowest BCUT2D eigenvalue weighted by molar-refractivity contribution is 0.377.